The highest BCUT2D eigenvalue weighted by atomic mass is 16.2. The van der Waals surface area contributed by atoms with Crippen molar-refractivity contribution in [1.29, 1.82) is 0 Å². The number of likely N-dealkylation sites (N-methyl/N-ethyl adjacent to an activating group) is 1. The zero-order valence-corrected chi connectivity index (χ0v) is 16.0. The Hall–Kier alpha value is -3.03. The van der Waals surface area contributed by atoms with E-state index in [-0.39, 0.29) is 30.5 Å². The van der Waals surface area contributed by atoms with Crippen molar-refractivity contribution in [1.82, 2.24) is 14.9 Å². The van der Waals surface area contributed by atoms with E-state index in [1.807, 2.05) is 51.1 Å². The Kier molecular flexibility index (Phi) is 6.81. The highest BCUT2D eigenvalue weighted by Crippen LogP contribution is 2.17. The van der Waals surface area contributed by atoms with E-state index in [0.717, 1.165) is 5.56 Å². The molecule has 1 amide bonds. The summed E-state index contributed by atoms with van der Waals surface area (Å²) < 4.78 is 1.31. The van der Waals surface area contributed by atoms with E-state index >= 15 is 0 Å². The third-order valence-electron chi connectivity index (χ3n) is 4.14. The topological polar surface area (TPSA) is 113 Å². The lowest BCUT2D eigenvalue weighted by Gasteiger charge is -2.24. The number of amides is 1. The summed E-state index contributed by atoms with van der Waals surface area (Å²) in [4.78, 5) is 40.7. The summed E-state index contributed by atoms with van der Waals surface area (Å²) in [5.41, 5.74) is 6.01. The summed E-state index contributed by atoms with van der Waals surface area (Å²) in [6, 6.07) is 9.34. The molecular formula is C19H27N5O3. The number of hydrogen-bond donors (Lipinski definition) is 3. The number of carbonyl (C=O) groups excluding carboxylic acids is 1. The monoisotopic (exact) mass is 373 g/mol. The number of H-pyrrole nitrogens is 1. The molecule has 2 rings (SSSR count). The van der Waals surface area contributed by atoms with Gasteiger partial charge in [0.05, 0.1) is 13.1 Å². The van der Waals surface area contributed by atoms with Crippen molar-refractivity contribution >= 4 is 17.4 Å². The molecule has 0 saturated heterocycles. The van der Waals surface area contributed by atoms with Gasteiger partial charge in [-0.3, -0.25) is 19.1 Å². The third-order valence-corrected chi connectivity index (χ3v) is 4.14. The van der Waals surface area contributed by atoms with Crippen molar-refractivity contribution in [3.8, 4) is 0 Å². The van der Waals surface area contributed by atoms with Gasteiger partial charge >= 0.3 is 5.69 Å². The van der Waals surface area contributed by atoms with Crippen molar-refractivity contribution < 1.29 is 4.79 Å². The van der Waals surface area contributed by atoms with Crippen LogP contribution in [0.15, 0.2) is 39.9 Å². The highest BCUT2D eigenvalue weighted by molar-refractivity contribution is 5.82. The molecule has 2 aromatic rings. The van der Waals surface area contributed by atoms with E-state index in [9.17, 15) is 14.4 Å². The lowest BCUT2D eigenvalue weighted by atomic mass is 10.2. The summed E-state index contributed by atoms with van der Waals surface area (Å²) in [7, 11) is 0. The van der Waals surface area contributed by atoms with Crippen molar-refractivity contribution in [3.63, 3.8) is 0 Å². The number of nitrogen functional groups attached to an aromatic ring is 1. The van der Waals surface area contributed by atoms with Crippen LogP contribution in [0.25, 0.3) is 0 Å². The van der Waals surface area contributed by atoms with Crippen molar-refractivity contribution in [2.45, 2.75) is 27.3 Å². The van der Waals surface area contributed by atoms with Crippen molar-refractivity contribution in [2.75, 3.05) is 30.3 Å². The molecule has 4 N–H and O–H groups in total. The van der Waals surface area contributed by atoms with Gasteiger partial charge in [-0.25, -0.2) is 4.79 Å². The van der Waals surface area contributed by atoms with Crippen molar-refractivity contribution in [3.05, 3.63) is 56.7 Å². The summed E-state index contributed by atoms with van der Waals surface area (Å²) >= 11 is 0. The van der Waals surface area contributed by atoms with Crippen LogP contribution in [0.5, 0.6) is 0 Å². The Bertz CT molecular complexity index is 886. The van der Waals surface area contributed by atoms with Gasteiger partial charge in [-0.05, 0) is 18.4 Å². The second-order valence-electron chi connectivity index (χ2n) is 6.78. The van der Waals surface area contributed by atoms with E-state index in [1.54, 1.807) is 4.90 Å². The van der Waals surface area contributed by atoms with Gasteiger partial charge in [0, 0.05) is 13.1 Å². The van der Waals surface area contributed by atoms with Crippen LogP contribution in [0, 0.1) is 5.92 Å². The van der Waals surface area contributed by atoms with Crippen LogP contribution in [0.1, 0.15) is 26.3 Å². The molecule has 0 bridgehead atoms. The van der Waals surface area contributed by atoms with Crippen LogP contribution in [0.3, 0.4) is 0 Å². The summed E-state index contributed by atoms with van der Waals surface area (Å²) in [5.74, 6) is 0.168. The quantitative estimate of drug-likeness (QED) is 0.632. The van der Waals surface area contributed by atoms with E-state index in [0.29, 0.717) is 19.0 Å². The molecule has 8 nitrogen and oxygen atoms in total. The number of rotatable bonds is 8. The Labute approximate surface area is 158 Å². The fourth-order valence-electron chi connectivity index (χ4n) is 2.70. The zero-order valence-electron chi connectivity index (χ0n) is 16.0. The molecule has 1 heterocycles. The molecule has 0 saturated carbocycles. The molecule has 0 aliphatic rings. The Morgan fingerprint density at radius 3 is 2.52 bits per heavy atom. The van der Waals surface area contributed by atoms with Gasteiger partial charge in [0.15, 0.2) is 0 Å². The average molecular weight is 373 g/mol. The Morgan fingerprint density at radius 1 is 1.26 bits per heavy atom. The zero-order chi connectivity index (χ0) is 20.0. The number of aromatic nitrogens is 2. The second kappa shape index (κ2) is 9.07. The maximum atomic E-state index is 12.4. The van der Waals surface area contributed by atoms with E-state index < -0.39 is 11.2 Å². The summed E-state index contributed by atoms with van der Waals surface area (Å²) in [5, 5.41) is 2.82. The van der Waals surface area contributed by atoms with E-state index in [4.69, 9.17) is 5.73 Å². The molecule has 0 atom stereocenters. The first kappa shape index (κ1) is 20.3. The van der Waals surface area contributed by atoms with Gasteiger partial charge in [0.1, 0.15) is 11.5 Å². The normalized spacial score (nSPS) is 10.8. The minimum absolute atomic E-state index is 0.0138. The van der Waals surface area contributed by atoms with Gasteiger partial charge in [0.25, 0.3) is 5.56 Å². The number of anilines is 2. The van der Waals surface area contributed by atoms with Gasteiger partial charge in [-0.1, -0.05) is 44.2 Å². The molecule has 0 fully saturated rings. The number of nitrogens with one attached hydrogen (secondary N) is 2. The molecule has 1 aromatic heterocycles. The number of nitrogens with two attached hydrogens (primary N) is 1. The Balaban J connectivity index is 2.34. The molecule has 0 spiro atoms. The number of benzene rings is 1. The molecule has 1 aromatic carbocycles. The first-order chi connectivity index (χ1) is 12.8. The maximum Gasteiger partial charge on any atom is 0.330 e. The maximum absolute atomic E-state index is 12.4. The van der Waals surface area contributed by atoms with Crippen LogP contribution in [-0.4, -0.2) is 35.1 Å². The van der Waals surface area contributed by atoms with Crippen LogP contribution in [-0.2, 0) is 11.3 Å². The van der Waals surface area contributed by atoms with Crippen molar-refractivity contribution in [2.24, 2.45) is 5.92 Å². The largest absolute Gasteiger partial charge is 0.383 e. The molecular weight excluding hydrogens is 346 g/mol. The van der Waals surface area contributed by atoms with Gasteiger partial charge in [-0.15, -0.1) is 0 Å². The summed E-state index contributed by atoms with van der Waals surface area (Å²) in [6.45, 7) is 6.98. The van der Waals surface area contributed by atoms with Crippen LogP contribution < -0.4 is 27.2 Å². The molecule has 0 unspecified atom stereocenters. The number of nitrogens with zero attached hydrogens (tertiary/aromatic N) is 2. The van der Waals surface area contributed by atoms with E-state index in [1.165, 1.54) is 4.57 Å². The van der Waals surface area contributed by atoms with Crippen LogP contribution in [0.2, 0.25) is 0 Å². The predicted octanol–water partition coefficient (Wildman–Crippen LogP) is 0.766. The van der Waals surface area contributed by atoms with Gasteiger partial charge < -0.3 is 16.0 Å². The molecule has 0 aliphatic heterocycles. The molecule has 0 radical (unpaired) electrons. The molecule has 0 aliphatic carbocycles. The standard InChI is InChI=1S/C19H27N5O3/c1-4-23(12-15(25)21-10-13(2)3)16-17(20)24(19(27)22-18(16)26)11-14-8-6-5-7-9-14/h5-9,13H,4,10-12,20H2,1-3H3,(H,21,25)(H,22,26,27). The fourth-order valence-corrected chi connectivity index (χ4v) is 2.70. The summed E-state index contributed by atoms with van der Waals surface area (Å²) in [6.07, 6.45) is 0. The smallest absolute Gasteiger partial charge is 0.330 e. The lowest BCUT2D eigenvalue weighted by molar-refractivity contribution is -0.119. The number of hydrogen-bond acceptors (Lipinski definition) is 5. The average Bonchev–Trinajstić information content (AvgIpc) is 2.63. The van der Waals surface area contributed by atoms with Gasteiger partial charge in [-0.2, -0.15) is 0 Å². The SMILES string of the molecule is CCN(CC(=O)NCC(C)C)c1c(N)n(Cc2ccccc2)c(=O)[nH]c1=O. The molecule has 27 heavy (non-hydrogen) atoms. The predicted molar refractivity (Wildman–Crippen MR) is 107 cm³/mol. The minimum atomic E-state index is -0.597. The molecule has 146 valence electrons. The highest BCUT2D eigenvalue weighted by Gasteiger charge is 2.20. The van der Waals surface area contributed by atoms with E-state index in [2.05, 4.69) is 10.3 Å². The minimum Gasteiger partial charge on any atom is -0.383 e. The number of aromatic amines is 1. The number of carbonyl (C=O) groups is 1. The van der Waals surface area contributed by atoms with Crippen LogP contribution >= 0.6 is 0 Å². The fraction of sp³-hybridized carbons (Fsp3) is 0.421. The Morgan fingerprint density at radius 2 is 1.93 bits per heavy atom. The first-order valence-corrected chi connectivity index (χ1v) is 9.01. The third kappa shape index (κ3) is 5.22. The van der Waals surface area contributed by atoms with Gasteiger partial charge in [0.2, 0.25) is 5.91 Å². The molecule has 8 heteroatoms. The second-order valence-corrected chi connectivity index (χ2v) is 6.78. The van der Waals surface area contributed by atoms with Crippen LogP contribution in [0.4, 0.5) is 11.5 Å². The first-order valence-electron chi connectivity index (χ1n) is 9.01. The lowest BCUT2D eigenvalue weighted by Crippen LogP contribution is -2.43.